The second-order valence-corrected chi connectivity index (χ2v) is 9.10. The van der Waals surface area contributed by atoms with E-state index in [2.05, 4.69) is 4.74 Å². The number of halogens is 3. The summed E-state index contributed by atoms with van der Waals surface area (Å²) in [6.45, 7) is 12.0. The number of ether oxygens (including phenoxy) is 2. The van der Waals surface area contributed by atoms with Crippen molar-refractivity contribution in [3.8, 4) is 0 Å². The number of hydrogen-bond donors (Lipinski definition) is 0. The molecule has 0 heterocycles. The Bertz CT molecular complexity index is 454. The van der Waals surface area contributed by atoms with E-state index < -0.39 is 40.5 Å². The first-order chi connectivity index (χ1) is 10.9. The van der Waals surface area contributed by atoms with E-state index in [1.807, 2.05) is 41.5 Å². The van der Waals surface area contributed by atoms with Gasteiger partial charge in [0.05, 0.1) is 18.9 Å². The van der Waals surface area contributed by atoms with Crippen molar-refractivity contribution < 1.29 is 32.2 Å². The average Bonchev–Trinajstić information content (AvgIpc) is 2.32. The Hall–Kier alpha value is -1.27. The van der Waals surface area contributed by atoms with Crippen LogP contribution in [0.4, 0.5) is 13.2 Å². The molecule has 0 bridgehead atoms. The van der Waals surface area contributed by atoms with Gasteiger partial charge in [-0.1, -0.05) is 41.5 Å². The molecule has 25 heavy (non-hydrogen) atoms. The first kappa shape index (κ1) is 23.7. The third kappa shape index (κ3) is 8.59. The highest BCUT2D eigenvalue weighted by Crippen LogP contribution is 2.46. The summed E-state index contributed by atoms with van der Waals surface area (Å²) in [5.74, 6) is -1.65. The van der Waals surface area contributed by atoms with Gasteiger partial charge in [0, 0.05) is 0 Å². The van der Waals surface area contributed by atoms with Crippen LogP contribution in [-0.2, 0) is 19.1 Å². The highest BCUT2D eigenvalue weighted by atomic mass is 19.4. The van der Waals surface area contributed by atoms with E-state index in [9.17, 15) is 22.8 Å². The lowest BCUT2D eigenvalue weighted by molar-refractivity contribution is -0.224. The number of esters is 2. The SMILES string of the molecule is COC(=O)CC(CC(C)(C)C)(CC(C)(C)C)C(=O)OC(C)C(F)(F)F. The first-order valence-electron chi connectivity index (χ1n) is 8.26. The molecule has 0 aliphatic heterocycles. The quantitative estimate of drug-likeness (QED) is 0.626. The fraction of sp³-hybridized carbons (Fsp3) is 0.889. The van der Waals surface area contributed by atoms with E-state index >= 15 is 0 Å². The van der Waals surface area contributed by atoms with Crippen molar-refractivity contribution >= 4 is 11.9 Å². The van der Waals surface area contributed by atoms with Crippen LogP contribution in [0.25, 0.3) is 0 Å². The molecule has 0 rings (SSSR count). The van der Waals surface area contributed by atoms with Crippen LogP contribution in [0.15, 0.2) is 0 Å². The molecule has 0 saturated heterocycles. The van der Waals surface area contributed by atoms with Gasteiger partial charge >= 0.3 is 18.1 Å². The number of hydrogen-bond acceptors (Lipinski definition) is 4. The summed E-state index contributed by atoms with van der Waals surface area (Å²) in [6.07, 6.45) is -6.81. The standard InChI is InChI=1S/C18H31F3O4/c1-12(18(19,20)21)25-14(23)17(9-13(22)24-8,10-15(2,3)4)11-16(5,6)7/h12H,9-11H2,1-8H3. The zero-order chi connectivity index (χ0) is 20.3. The second kappa shape index (κ2) is 7.96. The van der Waals surface area contributed by atoms with Crippen LogP contribution in [0, 0.1) is 16.2 Å². The Morgan fingerprint density at radius 3 is 1.60 bits per heavy atom. The monoisotopic (exact) mass is 368 g/mol. The minimum absolute atomic E-state index is 0.204. The molecule has 148 valence electrons. The summed E-state index contributed by atoms with van der Waals surface area (Å²) in [7, 11) is 1.19. The Morgan fingerprint density at radius 1 is 0.920 bits per heavy atom. The number of methoxy groups -OCH3 is 1. The molecule has 0 radical (unpaired) electrons. The Kier molecular flexibility index (Phi) is 7.55. The molecule has 0 aliphatic rings. The van der Waals surface area contributed by atoms with E-state index in [4.69, 9.17) is 4.74 Å². The van der Waals surface area contributed by atoms with E-state index in [0.29, 0.717) is 0 Å². The number of alkyl halides is 3. The minimum Gasteiger partial charge on any atom is -0.469 e. The van der Waals surface area contributed by atoms with Crippen LogP contribution in [0.5, 0.6) is 0 Å². The molecule has 0 aliphatic carbocycles. The third-order valence-electron chi connectivity index (χ3n) is 3.63. The fourth-order valence-corrected chi connectivity index (χ4v) is 3.14. The molecule has 0 fully saturated rings. The summed E-state index contributed by atoms with van der Waals surface area (Å²) < 4.78 is 47.9. The Labute approximate surface area is 148 Å². The maximum atomic E-state index is 12.8. The maximum absolute atomic E-state index is 12.8. The molecule has 0 spiro atoms. The molecule has 1 unspecified atom stereocenters. The van der Waals surface area contributed by atoms with Crippen molar-refractivity contribution in [3.63, 3.8) is 0 Å². The molecule has 4 nitrogen and oxygen atoms in total. The maximum Gasteiger partial charge on any atom is 0.425 e. The van der Waals surface area contributed by atoms with Gasteiger partial charge in [0.15, 0.2) is 6.10 Å². The van der Waals surface area contributed by atoms with Gasteiger partial charge < -0.3 is 9.47 Å². The van der Waals surface area contributed by atoms with Crippen molar-refractivity contribution in [2.24, 2.45) is 16.2 Å². The Morgan fingerprint density at radius 2 is 1.32 bits per heavy atom. The molecule has 0 saturated carbocycles. The van der Waals surface area contributed by atoms with E-state index in [1.165, 1.54) is 7.11 Å². The van der Waals surface area contributed by atoms with Gasteiger partial charge in [0.2, 0.25) is 0 Å². The topological polar surface area (TPSA) is 52.6 Å². The molecule has 0 aromatic heterocycles. The van der Waals surface area contributed by atoms with Crippen LogP contribution in [-0.4, -0.2) is 31.3 Å². The summed E-state index contributed by atoms with van der Waals surface area (Å²) in [6, 6.07) is 0. The number of carbonyl (C=O) groups excluding carboxylic acids is 2. The minimum atomic E-state index is -4.66. The first-order valence-corrected chi connectivity index (χ1v) is 8.26. The number of rotatable bonds is 6. The van der Waals surface area contributed by atoms with E-state index in [1.54, 1.807) is 0 Å². The zero-order valence-corrected chi connectivity index (χ0v) is 16.5. The Balaban J connectivity index is 5.94. The van der Waals surface area contributed by atoms with Crippen LogP contribution < -0.4 is 0 Å². The summed E-state index contributed by atoms with van der Waals surface area (Å²) in [5.41, 5.74) is -2.19. The molecule has 0 aromatic carbocycles. The lowest BCUT2D eigenvalue weighted by atomic mass is 9.64. The average molecular weight is 368 g/mol. The summed E-state index contributed by atoms with van der Waals surface area (Å²) in [5, 5.41) is 0. The normalized spacial score (nSPS) is 14.8. The van der Waals surface area contributed by atoms with Gasteiger partial charge in [-0.05, 0) is 30.6 Å². The lowest BCUT2D eigenvalue weighted by Gasteiger charge is -2.40. The van der Waals surface area contributed by atoms with Gasteiger partial charge in [-0.3, -0.25) is 9.59 Å². The van der Waals surface area contributed by atoms with Gasteiger partial charge in [0.1, 0.15) is 0 Å². The largest absolute Gasteiger partial charge is 0.469 e. The van der Waals surface area contributed by atoms with Gasteiger partial charge in [-0.2, -0.15) is 13.2 Å². The van der Waals surface area contributed by atoms with Crippen LogP contribution in [0.3, 0.4) is 0 Å². The molecule has 0 amide bonds. The van der Waals surface area contributed by atoms with Crippen molar-refractivity contribution in [3.05, 3.63) is 0 Å². The summed E-state index contributed by atoms with van der Waals surface area (Å²) >= 11 is 0. The number of carbonyl (C=O) groups is 2. The molecule has 0 aromatic rings. The summed E-state index contributed by atoms with van der Waals surface area (Å²) in [4.78, 5) is 24.7. The van der Waals surface area contributed by atoms with Gasteiger partial charge in [-0.15, -0.1) is 0 Å². The smallest absolute Gasteiger partial charge is 0.425 e. The van der Waals surface area contributed by atoms with Crippen molar-refractivity contribution in [2.45, 2.75) is 80.0 Å². The fourth-order valence-electron chi connectivity index (χ4n) is 3.14. The molecule has 1 atom stereocenters. The van der Waals surface area contributed by atoms with Crippen LogP contribution >= 0.6 is 0 Å². The lowest BCUT2D eigenvalue weighted by Crippen LogP contribution is -2.44. The predicted molar refractivity (Wildman–Crippen MR) is 88.8 cm³/mol. The van der Waals surface area contributed by atoms with E-state index in [0.717, 1.165) is 6.92 Å². The zero-order valence-electron chi connectivity index (χ0n) is 16.5. The van der Waals surface area contributed by atoms with Crippen molar-refractivity contribution in [1.29, 1.82) is 0 Å². The third-order valence-corrected chi connectivity index (χ3v) is 3.63. The molecule has 0 N–H and O–H groups in total. The van der Waals surface area contributed by atoms with Crippen LogP contribution in [0.1, 0.15) is 67.7 Å². The predicted octanol–water partition coefficient (Wildman–Crippen LogP) is 4.90. The highest BCUT2D eigenvalue weighted by molar-refractivity contribution is 5.83. The van der Waals surface area contributed by atoms with Crippen molar-refractivity contribution in [2.75, 3.05) is 7.11 Å². The van der Waals surface area contributed by atoms with Gasteiger partial charge in [0.25, 0.3) is 0 Å². The van der Waals surface area contributed by atoms with E-state index in [-0.39, 0.29) is 19.3 Å². The molecule has 7 heteroatoms. The van der Waals surface area contributed by atoms with Crippen LogP contribution in [0.2, 0.25) is 0 Å². The van der Waals surface area contributed by atoms with Gasteiger partial charge in [-0.25, -0.2) is 0 Å². The van der Waals surface area contributed by atoms with Crippen molar-refractivity contribution in [1.82, 2.24) is 0 Å². The second-order valence-electron chi connectivity index (χ2n) is 9.10. The molecular formula is C18H31F3O4. The highest BCUT2D eigenvalue weighted by Gasteiger charge is 2.50. The molecular weight excluding hydrogens is 337 g/mol.